The van der Waals surface area contributed by atoms with Gasteiger partial charge in [-0.2, -0.15) is 0 Å². The summed E-state index contributed by atoms with van der Waals surface area (Å²) in [5.74, 6) is 0.994. The van der Waals surface area contributed by atoms with Crippen LogP contribution in [0.3, 0.4) is 0 Å². The van der Waals surface area contributed by atoms with Crippen LogP contribution in [0.2, 0.25) is 10.0 Å². The van der Waals surface area contributed by atoms with Crippen LogP contribution in [0.5, 0.6) is 0 Å². The highest BCUT2D eigenvalue weighted by Crippen LogP contribution is 2.33. The quantitative estimate of drug-likeness (QED) is 0.777. The first-order valence-corrected chi connectivity index (χ1v) is 6.30. The van der Waals surface area contributed by atoms with Crippen molar-refractivity contribution in [3.05, 3.63) is 33.8 Å². The number of carbonyl (C=O) groups is 1. The molecule has 1 aromatic carbocycles. The van der Waals surface area contributed by atoms with E-state index in [-0.39, 0.29) is 5.92 Å². The molecule has 2 atom stereocenters. The molecule has 1 nitrogen and oxygen atoms in total. The molecule has 0 bridgehead atoms. The Morgan fingerprint density at radius 1 is 1.38 bits per heavy atom. The molecule has 1 fully saturated rings. The summed E-state index contributed by atoms with van der Waals surface area (Å²) in [5.41, 5.74) is 1.10. The van der Waals surface area contributed by atoms with Gasteiger partial charge in [-0.3, -0.25) is 4.79 Å². The monoisotopic (exact) mass is 256 g/mol. The standard InChI is InChI=1S/C13H14Cl2O/c1-8-9(3-5-13(8)16)6-10-2-4-11(14)7-12(10)15/h2,4,7-9H,3,5-6H2,1H3. The number of benzene rings is 1. The maximum Gasteiger partial charge on any atom is 0.135 e. The van der Waals surface area contributed by atoms with Crippen LogP contribution in [0.4, 0.5) is 0 Å². The summed E-state index contributed by atoms with van der Waals surface area (Å²) in [6.45, 7) is 2.02. The molecule has 0 N–H and O–H groups in total. The van der Waals surface area contributed by atoms with Crippen molar-refractivity contribution in [2.24, 2.45) is 11.8 Å². The Labute approximate surface area is 106 Å². The highest BCUT2D eigenvalue weighted by molar-refractivity contribution is 6.35. The number of hydrogen-bond donors (Lipinski definition) is 0. The summed E-state index contributed by atoms with van der Waals surface area (Å²) in [5, 5.41) is 1.36. The zero-order valence-corrected chi connectivity index (χ0v) is 10.7. The fourth-order valence-electron chi connectivity index (χ4n) is 2.32. The van der Waals surface area contributed by atoms with Gasteiger partial charge in [-0.25, -0.2) is 0 Å². The molecule has 1 aliphatic carbocycles. The molecule has 0 heterocycles. The van der Waals surface area contributed by atoms with E-state index in [0.717, 1.165) is 24.8 Å². The lowest BCUT2D eigenvalue weighted by Gasteiger charge is -2.15. The van der Waals surface area contributed by atoms with Crippen LogP contribution in [0, 0.1) is 11.8 Å². The van der Waals surface area contributed by atoms with E-state index in [0.29, 0.717) is 21.7 Å². The van der Waals surface area contributed by atoms with Gasteiger partial charge in [0.1, 0.15) is 5.78 Å². The third-order valence-corrected chi connectivity index (χ3v) is 4.06. The molecule has 0 radical (unpaired) electrons. The Hall–Kier alpha value is -0.530. The van der Waals surface area contributed by atoms with E-state index in [1.807, 2.05) is 19.1 Å². The second-order valence-electron chi connectivity index (χ2n) is 4.49. The maximum atomic E-state index is 11.5. The van der Waals surface area contributed by atoms with Gasteiger partial charge in [-0.05, 0) is 36.5 Å². The van der Waals surface area contributed by atoms with Crippen molar-refractivity contribution in [1.29, 1.82) is 0 Å². The van der Waals surface area contributed by atoms with Crippen molar-refractivity contribution in [2.75, 3.05) is 0 Å². The summed E-state index contributed by atoms with van der Waals surface area (Å²) >= 11 is 12.0. The summed E-state index contributed by atoms with van der Waals surface area (Å²) < 4.78 is 0. The van der Waals surface area contributed by atoms with Gasteiger partial charge >= 0.3 is 0 Å². The van der Waals surface area contributed by atoms with Crippen molar-refractivity contribution in [3.8, 4) is 0 Å². The molecule has 0 aromatic heterocycles. The normalized spacial score (nSPS) is 25.1. The van der Waals surface area contributed by atoms with E-state index < -0.39 is 0 Å². The molecule has 3 heteroatoms. The first-order valence-electron chi connectivity index (χ1n) is 5.54. The molecule has 1 aliphatic rings. The Morgan fingerprint density at radius 3 is 2.69 bits per heavy atom. The highest BCUT2D eigenvalue weighted by Gasteiger charge is 2.30. The molecule has 86 valence electrons. The third-order valence-electron chi connectivity index (χ3n) is 3.47. The Kier molecular flexibility index (Phi) is 3.56. The second kappa shape index (κ2) is 4.77. The molecule has 0 amide bonds. The van der Waals surface area contributed by atoms with Gasteiger partial charge in [0.15, 0.2) is 0 Å². The van der Waals surface area contributed by atoms with E-state index >= 15 is 0 Å². The molecule has 1 saturated carbocycles. The Balaban J connectivity index is 2.12. The predicted octanol–water partition coefficient (Wildman–Crippen LogP) is 4.15. The minimum atomic E-state index is 0.173. The van der Waals surface area contributed by atoms with Crippen LogP contribution in [-0.4, -0.2) is 5.78 Å². The number of halogens is 2. The fourth-order valence-corrected chi connectivity index (χ4v) is 2.80. The molecular weight excluding hydrogens is 243 g/mol. The van der Waals surface area contributed by atoms with E-state index in [4.69, 9.17) is 23.2 Å². The fraction of sp³-hybridized carbons (Fsp3) is 0.462. The number of ketones is 1. The van der Waals surface area contributed by atoms with Gasteiger partial charge < -0.3 is 0 Å². The Bertz CT molecular complexity index is 414. The SMILES string of the molecule is CC1C(=O)CCC1Cc1ccc(Cl)cc1Cl. The first-order chi connectivity index (χ1) is 7.58. The lowest BCUT2D eigenvalue weighted by atomic mass is 9.91. The molecule has 2 unspecified atom stereocenters. The summed E-state index contributed by atoms with van der Waals surface area (Å²) in [7, 11) is 0. The van der Waals surface area contributed by atoms with Gasteiger partial charge in [0.2, 0.25) is 0 Å². The van der Waals surface area contributed by atoms with Crippen LogP contribution in [0.15, 0.2) is 18.2 Å². The summed E-state index contributed by atoms with van der Waals surface area (Å²) in [4.78, 5) is 11.5. The van der Waals surface area contributed by atoms with Gasteiger partial charge in [0, 0.05) is 22.4 Å². The second-order valence-corrected chi connectivity index (χ2v) is 5.34. The number of hydrogen-bond acceptors (Lipinski definition) is 1. The molecule has 2 rings (SSSR count). The Morgan fingerprint density at radius 2 is 2.12 bits per heavy atom. The van der Waals surface area contributed by atoms with Crippen molar-refractivity contribution in [1.82, 2.24) is 0 Å². The number of carbonyl (C=O) groups excluding carboxylic acids is 1. The van der Waals surface area contributed by atoms with E-state index in [2.05, 4.69) is 0 Å². The molecule has 0 aliphatic heterocycles. The molecule has 0 spiro atoms. The summed E-state index contributed by atoms with van der Waals surface area (Å²) in [6, 6.07) is 5.57. The highest BCUT2D eigenvalue weighted by atomic mass is 35.5. The van der Waals surface area contributed by atoms with Gasteiger partial charge in [0.25, 0.3) is 0 Å². The zero-order valence-electron chi connectivity index (χ0n) is 9.17. The zero-order chi connectivity index (χ0) is 11.7. The predicted molar refractivity (Wildman–Crippen MR) is 67.1 cm³/mol. The topological polar surface area (TPSA) is 17.1 Å². The van der Waals surface area contributed by atoms with Crippen LogP contribution in [-0.2, 0) is 11.2 Å². The molecule has 0 saturated heterocycles. The van der Waals surface area contributed by atoms with Gasteiger partial charge in [-0.15, -0.1) is 0 Å². The van der Waals surface area contributed by atoms with Crippen molar-refractivity contribution < 1.29 is 4.79 Å². The molecular formula is C13H14Cl2O. The average molecular weight is 257 g/mol. The number of Topliss-reactive ketones (excluding diaryl/α,β-unsaturated/α-hetero) is 1. The van der Waals surface area contributed by atoms with E-state index in [1.165, 1.54) is 0 Å². The van der Waals surface area contributed by atoms with Crippen molar-refractivity contribution in [2.45, 2.75) is 26.2 Å². The minimum Gasteiger partial charge on any atom is -0.299 e. The molecule has 1 aromatic rings. The van der Waals surface area contributed by atoms with Crippen LogP contribution in [0.1, 0.15) is 25.3 Å². The minimum absolute atomic E-state index is 0.173. The first kappa shape index (κ1) is 11.9. The van der Waals surface area contributed by atoms with Gasteiger partial charge in [-0.1, -0.05) is 36.2 Å². The lowest BCUT2D eigenvalue weighted by molar-refractivity contribution is -0.120. The average Bonchev–Trinajstić information content (AvgIpc) is 2.54. The largest absolute Gasteiger partial charge is 0.299 e. The smallest absolute Gasteiger partial charge is 0.135 e. The summed E-state index contributed by atoms with van der Waals surface area (Å²) in [6.07, 6.45) is 2.58. The van der Waals surface area contributed by atoms with Crippen LogP contribution in [0.25, 0.3) is 0 Å². The van der Waals surface area contributed by atoms with Crippen molar-refractivity contribution >= 4 is 29.0 Å². The lowest BCUT2D eigenvalue weighted by Crippen LogP contribution is -2.12. The van der Waals surface area contributed by atoms with Crippen LogP contribution >= 0.6 is 23.2 Å². The molecule has 16 heavy (non-hydrogen) atoms. The third kappa shape index (κ3) is 2.41. The van der Waals surface area contributed by atoms with Crippen LogP contribution < -0.4 is 0 Å². The number of rotatable bonds is 2. The maximum absolute atomic E-state index is 11.5. The van der Waals surface area contributed by atoms with Crippen molar-refractivity contribution in [3.63, 3.8) is 0 Å². The van der Waals surface area contributed by atoms with E-state index in [9.17, 15) is 4.79 Å². The van der Waals surface area contributed by atoms with Gasteiger partial charge in [0.05, 0.1) is 0 Å². The van der Waals surface area contributed by atoms with E-state index in [1.54, 1.807) is 6.07 Å².